The van der Waals surface area contributed by atoms with E-state index in [0.717, 1.165) is 10.5 Å². The van der Waals surface area contributed by atoms with Gasteiger partial charge in [0.2, 0.25) is 0 Å². The summed E-state index contributed by atoms with van der Waals surface area (Å²) in [6.45, 7) is 3.36. The fourth-order valence-electron chi connectivity index (χ4n) is 3.29. The van der Waals surface area contributed by atoms with Gasteiger partial charge in [-0.1, -0.05) is 30.3 Å². The van der Waals surface area contributed by atoms with Gasteiger partial charge in [-0.15, -0.1) is 0 Å². The van der Waals surface area contributed by atoms with Crippen molar-refractivity contribution in [2.24, 2.45) is 0 Å². The van der Waals surface area contributed by atoms with Gasteiger partial charge in [0.25, 0.3) is 11.6 Å². The van der Waals surface area contributed by atoms with Gasteiger partial charge >= 0.3 is 5.97 Å². The number of nitrogens with zero attached hydrogens (tertiary/aromatic N) is 1. The largest absolute Gasteiger partial charge is 0.497 e. The van der Waals surface area contributed by atoms with Crippen molar-refractivity contribution < 1.29 is 28.9 Å². The van der Waals surface area contributed by atoms with E-state index in [-0.39, 0.29) is 23.4 Å². The number of rotatable bonds is 6. The molecule has 0 spiro atoms. The van der Waals surface area contributed by atoms with E-state index >= 15 is 0 Å². The van der Waals surface area contributed by atoms with Gasteiger partial charge in [-0.2, -0.15) is 0 Å². The van der Waals surface area contributed by atoms with Crippen LogP contribution in [-0.2, 0) is 21.8 Å². The summed E-state index contributed by atoms with van der Waals surface area (Å²) in [6, 6.07) is 12.1. The summed E-state index contributed by atoms with van der Waals surface area (Å²) in [7, 11) is 2.86. The average Bonchev–Trinajstić information content (AvgIpc) is 2.90. The maximum atomic E-state index is 13.2. The van der Waals surface area contributed by atoms with Gasteiger partial charge in [-0.25, -0.2) is 4.79 Å². The molecule has 148 valence electrons. The van der Waals surface area contributed by atoms with Gasteiger partial charge in [-0.3, -0.25) is 9.69 Å². The van der Waals surface area contributed by atoms with Crippen LogP contribution in [0.2, 0.25) is 0 Å². The molecule has 1 N–H and O–H groups in total. The molecule has 0 radical (unpaired) electrons. The fourth-order valence-corrected chi connectivity index (χ4v) is 3.29. The summed E-state index contributed by atoms with van der Waals surface area (Å²) in [5.74, 6) is -0.903. The number of hydrogen-bond acceptors (Lipinski definition) is 6. The van der Waals surface area contributed by atoms with Crippen LogP contribution in [0.4, 0.5) is 0 Å². The van der Waals surface area contributed by atoms with Crippen molar-refractivity contribution in [3.05, 3.63) is 59.2 Å². The van der Waals surface area contributed by atoms with E-state index in [1.165, 1.54) is 26.4 Å². The Kier molecular flexibility index (Phi) is 5.29. The van der Waals surface area contributed by atoms with E-state index in [1.54, 1.807) is 13.8 Å². The van der Waals surface area contributed by atoms with Crippen LogP contribution < -0.4 is 9.47 Å². The molecule has 0 aliphatic carbocycles. The highest BCUT2D eigenvalue weighted by molar-refractivity contribution is 6.06. The van der Waals surface area contributed by atoms with E-state index in [2.05, 4.69) is 0 Å². The van der Waals surface area contributed by atoms with Crippen LogP contribution in [0.3, 0.4) is 0 Å². The van der Waals surface area contributed by atoms with Crippen molar-refractivity contribution in [2.45, 2.75) is 32.2 Å². The minimum atomic E-state index is -2.32. The van der Waals surface area contributed by atoms with Crippen LogP contribution in [-0.4, -0.2) is 42.2 Å². The molecule has 1 aliphatic heterocycles. The Balaban J connectivity index is 2.18. The Hall–Kier alpha value is -3.06. The lowest BCUT2D eigenvalue weighted by Crippen LogP contribution is -2.50. The van der Waals surface area contributed by atoms with E-state index in [9.17, 15) is 14.7 Å². The highest BCUT2D eigenvalue weighted by atomic mass is 16.6. The molecule has 2 aromatic rings. The van der Waals surface area contributed by atoms with Crippen LogP contribution >= 0.6 is 0 Å². The molecule has 1 aliphatic rings. The normalized spacial score (nSPS) is 18.2. The molecule has 1 unspecified atom stereocenters. The van der Waals surface area contributed by atoms with Crippen molar-refractivity contribution in [2.75, 3.05) is 14.2 Å². The van der Waals surface area contributed by atoms with Crippen LogP contribution in [0.5, 0.6) is 11.5 Å². The number of esters is 1. The van der Waals surface area contributed by atoms with Crippen LogP contribution in [0.1, 0.15) is 35.3 Å². The first kappa shape index (κ1) is 19.7. The summed E-state index contributed by atoms with van der Waals surface area (Å²) in [5.41, 5.74) is -1.37. The van der Waals surface area contributed by atoms with Crippen molar-refractivity contribution in [1.82, 2.24) is 4.90 Å². The monoisotopic (exact) mass is 385 g/mol. The number of carbonyl (C=O) groups is 2. The third-order valence-corrected chi connectivity index (χ3v) is 4.56. The van der Waals surface area contributed by atoms with Crippen molar-refractivity contribution >= 4 is 11.9 Å². The molecule has 1 atom stereocenters. The minimum absolute atomic E-state index is 0.0174. The summed E-state index contributed by atoms with van der Waals surface area (Å²) in [6.07, 6.45) is -0.474. The molecule has 1 heterocycles. The zero-order valence-corrected chi connectivity index (χ0v) is 16.3. The summed E-state index contributed by atoms with van der Waals surface area (Å²) < 4.78 is 15.9. The Bertz CT molecular complexity index is 895. The Labute approximate surface area is 163 Å². The number of aliphatic hydroxyl groups is 1. The van der Waals surface area contributed by atoms with Crippen LogP contribution in [0.25, 0.3) is 0 Å². The molecule has 28 heavy (non-hydrogen) atoms. The number of fused-ring (bicyclic) bond motifs is 1. The second-order valence-corrected chi connectivity index (χ2v) is 6.76. The smallest absolute Gasteiger partial charge is 0.365 e. The number of amides is 1. The first-order valence-electron chi connectivity index (χ1n) is 8.88. The molecule has 2 aromatic carbocycles. The van der Waals surface area contributed by atoms with Crippen molar-refractivity contribution in [3.63, 3.8) is 0 Å². The summed E-state index contributed by atoms with van der Waals surface area (Å²) in [4.78, 5) is 27.2. The number of ether oxygens (including phenoxy) is 3. The molecular formula is C21H23NO6. The lowest BCUT2D eigenvalue weighted by Gasteiger charge is -2.33. The van der Waals surface area contributed by atoms with Crippen molar-refractivity contribution in [3.8, 4) is 11.5 Å². The van der Waals surface area contributed by atoms with E-state index < -0.39 is 23.7 Å². The predicted molar refractivity (Wildman–Crippen MR) is 101 cm³/mol. The first-order valence-corrected chi connectivity index (χ1v) is 8.88. The zero-order chi connectivity index (χ0) is 20.5. The lowest BCUT2D eigenvalue weighted by atomic mass is 9.99. The third kappa shape index (κ3) is 3.18. The SMILES string of the molecule is COc1cc(OC)c2c(c1)C(=O)N(Cc1ccccc1)C2(O)C(=O)OC(C)C. The van der Waals surface area contributed by atoms with Gasteiger partial charge in [0, 0.05) is 12.6 Å². The first-order chi connectivity index (χ1) is 13.3. The molecule has 1 amide bonds. The molecule has 0 aromatic heterocycles. The fraction of sp³-hybridized carbons (Fsp3) is 0.333. The quantitative estimate of drug-likeness (QED) is 0.769. The van der Waals surface area contributed by atoms with Gasteiger partial charge in [0.05, 0.1) is 31.5 Å². The van der Waals surface area contributed by atoms with Gasteiger partial charge < -0.3 is 19.3 Å². The Morgan fingerprint density at radius 1 is 1.14 bits per heavy atom. The molecule has 3 rings (SSSR count). The highest BCUT2D eigenvalue weighted by Crippen LogP contribution is 2.46. The number of hydrogen-bond donors (Lipinski definition) is 1. The third-order valence-electron chi connectivity index (χ3n) is 4.56. The van der Waals surface area contributed by atoms with Crippen molar-refractivity contribution in [1.29, 1.82) is 0 Å². The van der Waals surface area contributed by atoms with E-state index in [0.29, 0.717) is 5.75 Å². The summed E-state index contributed by atoms with van der Waals surface area (Å²) >= 11 is 0. The van der Waals surface area contributed by atoms with Crippen LogP contribution in [0, 0.1) is 0 Å². The molecule has 0 fully saturated rings. The number of methoxy groups -OCH3 is 2. The molecule has 0 saturated carbocycles. The lowest BCUT2D eigenvalue weighted by molar-refractivity contribution is -0.189. The average molecular weight is 385 g/mol. The Morgan fingerprint density at radius 2 is 1.82 bits per heavy atom. The maximum Gasteiger partial charge on any atom is 0.365 e. The molecule has 7 nitrogen and oxygen atoms in total. The second-order valence-electron chi connectivity index (χ2n) is 6.76. The Morgan fingerprint density at radius 3 is 2.39 bits per heavy atom. The number of carbonyl (C=O) groups excluding carboxylic acids is 2. The summed E-state index contributed by atoms with van der Waals surface area (Å²) in [5, 5.41) is 11.5. The molecular weight excluding hydrogens is 362 g/mol. The standard InChI is InChI=1S/C21H23NO6/c1-13(2)28-20(24)21(25)18-16(10-15(26-3)11-17(18)27-4)19(23)22(21)12-14-8-6-5-7-9-14/h5-11,13,25H,12H2,1-4H3. The molecule has 0 bridgehead atoms. The second kappa shape index (κ2) is 7.52. The minimum Gasteiger partial charge on any atom is -0.497 e. The van der Waals surface area contributed by atoms with Gasteiger partial charge in [0.15, 0.2) is 0 Å². The van der Waals surface area contributed by atoms with Gasteiger partial charge in [-0.05, 0) is 25.5 Å². The maximum absolute atomic E-state index is 13.2. The van der Waals surface area contributed by atoms with Gasteiger partial charge in [0.1, 0.15) is 11.5 Å². The van der Waals surface area contributed by atoms with E-state index in [1.807, 2.05) is 30.3 Å². The van der Waals surface area contributed by atoms with E-state index in [4.69, 9.17) is 14.2 Å². The number of benzene rings is 2. The molecule has 7 heteroatoms. The van der Waals surface area contributed by atoms with Crippen LogP contribution in [0.15, 0.2) is 42.5 Å². The highest BCUT2D eigenvalue weighted by Gasteiger charge is 2.57. The zero-order valence-electron chi connectivity index (χ0n) is 16.3. The topological polar surface area (TPSA) is 85.3 Å². The predicted octanol–water partition coefficient (Wildman–Crippen LogP) is 2.46. The molecule has 0 saturated heterocycles.